The lowest BCUT2D eigenvalue weighted by molar-refractivity contribution is 0.00578. The van der Waals surface area contributed by atoms with Crippen LogP contribution in [0.5, 0.6) is 0 Å². The Balaban J connectivity index is 2.01. The molecule has 0 N–H and O–H groups in total. The number of aryl methyl sites for hydroxylation is 6. The number of benzene rings is 3. The molecule has 3 aromatic carbocycles. The second-order valence-electron chi connectivity index (χ2n) is 12.8. The van der Waals surface area contributed by atoms with Gasteiger partial charge in [-0.15, -0.1) is 5.98 Å². The van der Waals surface area contributed by atoms with Crippen molar-refractivity contribution < 1.29 is 9.31 Å². The van der Waals surface area contributed by atoms with Crippen molar-refractivity contribution in [3.05, 3.63) is 93.5 Å². The zero-order chi connectivity index (χ0) is 28.9. The molecule has 4 rings (SSSR count). The maximum Gasteiger partial charge on any atom is 0.494 e. The quantitative estimate of drug-likeness (QED) is 0.348. The van der Waals surface area contributed by atoms with Gasteiger partial charge in [0.25, 0.3) is 0 Å². The molecule has 204 valence electrons. The van der Waals surface area contributed by atoms with Crippen molar-refractivity contribution in [1.29, 1.82) is 0 Å². The Morgan fingerprint density at radius 2 is 1.08 bits per heavy atom. The van der Waals surface area contributed by atoms with E-state index in [1.165, 1.54) is 50.0 Å². The highest BCUT2D eigenvalue weighted by molar-refractivity contribution is 6.92. The van der Waals surface area contributed by atoms with Gasteiger partial charge in [-0.1, -0.05) is 80.7 Å². The molecule has 3 nitrogen and oxygen atoms in total. The molecule has 0 saturated carbocycles. The largest absolute Gasteiger partial charge is 0.494 e. The predicted molar refractivity (Wildman–Crippen MR) is 171 cm³/mol. The van der Waals surface area contributed by atoms with Crippen molar-refractivity contribution in [2.75, 3.05) is 19.0 Å². The van der Waals surface area contributed by atoms with Crippen molar-refractivity contribution in [3.8, 4) is 0 Å². The second kappa shape index (κ2) is 10.7. The molecule has 0 spiro atoms. The van der Waals surface area contributed by atoms with Gasteiger partial charge in [0, 0.05) is 19.8 Å². The predicted octanol–water partition coefficient (Wildman–Crippen LogP) is 6.47. The lowest BCUT2D eigenvalue weighted by Crippen LogP contribution is -2.47. The van der Waals surface area contributed by atoms with E-state index in [1.807, 2.05) is 0 Å². The van der Waals surface area contributed by atoms with Gasteiger partial charge in [-0.25, -0.2) is 0 Å². The summed E-state index contributed by atoms with van der Waals surface area (Å²) < 4.78 is 13.4. The fourth-order valence-corrected chi connectivity index (χ4v) is 6.09. The first kappa shape index (κ1) is 29.2. The zero-order valence-electron chi connectivity index (χ0n) is 26.1. The van der Waals surface area contributed by atoms with Crippen LogP contribution in [-0.2, 0) is 9.31 Å². The van der Waals surface area contributed by atoms with E-state index in [0.29, 0.717) is 0 Å². The van der Waals surface area contributed by atoms with E-state index < -0.39 is 18.3 Å². The Morgan fingerprint density at radius 3 is 1.44 bits per heavy atom. The minimum absolute atomic E-state index is 0.0498. The van der Waals surface area contributed by atoms with Gasteiger partial charge in [0.1, 0.15) is 0 Å². The van der Waals surface area contributed by atoms with Crippen LogP contribution in [0.1, 0.15) is 66.6 Å². The third-order valence-electron chi connectivity index (χ3n) is 8.67. The molecule has 1 heterocycles. The van der Waals surface area contributed by atoms with Gasteiger partial charge in [-0.05, 0) is 92.4 Å². The third-order valence-corrected chi connectivity index (χ3v) is 8.67. The summed E-state index contributed by atoms with van der Waals surface area (Å²) in [6, 6.07) is 18.0. The zero-order valence-corrected chi connectivity index (χ0v) is 26.1. The van der Waals surface area contributed by atoms with E-state index in [0.717, 1.165) is 11.0 Å². The first-order valence-electron chi connectivity index (χ1n) is 14.1. The van der Waals surface area contributed by atoms with Crippen molar-refractivity contribution >= 4 is 35.9 Å². The topological polar surface area (TPSA) is 21.7 Å². The summed E-state index contributed by atoms with van der Waals surface area (Å²) in [5.74, 6) is 2.42. The molecule has 0 atom stereocenters. The molecule has 0 amide bonds. The molecule has 0 bridgehead atoms. The first-order valence-corrected chi connectivity index (χ1v) is 14.1. The molecule has 1 aliphatic rings. The summed E-state index contributed by atoms with van der Waals surface area (Å²) in [6.45, 7) is 21.9. The standard InChI is InChI=1S/C34H45B2NO2/c1-22-17-24(3)31(25(4)18-22)35(32-26(5)19-23(2)20-27(32)6)21-30(28-13-15-29(16-14-28)37(11)12)36-38-33(7,8)34(9,10)39-36/h13-21H,1-12H3/b30-21-. The van der Waals surface area contributed by atoms with Crippen LogP contribution >= 0.6 is 0 Å². The second-order valence-corrected chi connectivity index (χ2v) is 12.8. The van der Waals surface area contributed by atoms with Crippen LogP contribution in [-0.4, -0.2) is 39.1 Å². The molecular formula is C34H45B2NO2. The minimum Gasteiger partial charge on any atom is -0.399 e. The fraction of sp³-hybridized carbons (Fsp3) is 0.412. The minimum atomic E-state index is -0.472. The van der Waals surface area contributed by atoms with Crippen LogP contribution in [0, 0.1) is 41.5 Å². The van der Waals surface area contributed by atoms with Crippen LogP contribution < -0.4 is 15.8 Å². The van der Waals surface area contributed by atoms with Gasteiger partial charge in [0.2, 0.25) is 6.71 Å². The van der Waals surface area contributed by atoms with Gasteiger partial charge in [-0.2, -0.15) is 0 Å². The lowest BCUT2D eigenvalue weighted by Gasteiger charge is -2.32. The van der Waals surface area contributed by atoms with Crippen LogP contribution in [0.3, 0.4) is 0 Å². The van der Waals surface area contributed by atoms with Crippen LogP contribution in [0.4, 0.5) is 5.69 Å². The van der Waals surface area contributed by atoms with Gasteiger partial charge in [-0.3, -0.25) is 0 Å². The SMILES string of the molecule is Cc1cc(C)c(B(/C=C(\B2OC(C)(C)C(C)(C)O2)c2ccc(N(C)C)cc2)c2c(C)cc(C)cc2C)c(C)c1. The average molecular weight is 521 g/mol. The van der Waals surface area contributed by atoms with E-state index in [2.05, 4.69) is 143 Å². The Kier molecular flexibility index (Phi) is 8.00. The van der Waals surface area contributed by atoms with E-state index in [9.17, 15) is 0 Å². The number of hydrogen-bond donors (Lipinski definition) is 0. The molecule has 0 aromatic heterocycles. The van der Waals surface area contributed by atoms with Crippen molar-refractivity contribution in [1.82, 2.24) is 0 Å². The fourth-order valence-electron chi connectivity index (χ4n) is 6.09. The van der Waals surface area contributed by atoms with Gasteiger partial charge < -0.3 is 14.2 Å². The highest BCUT2D eigenvalue weighted by Crippen LogP contribution is 2.41. The summed E-state index contributed by atoms with van der Waals surface area (Å²) in [6.07, 6.45) is 0. The first-order chi connectivity index (χ1) is 18.1. The molecule has 3 aromatic rings. The summed E-state index contributed by atoms with van der Waals surface area (Å²) in [5.41, 5.74) is 13.0. The lowest BCUT2D eigenvalue weighted by atomic mass is 9.36. The van der Waals surface area contributed by atoms with E-state index in [4.69, 9.17) is 9.31 Å². The molecule has 1 fully saturated rings. The van der Waals surface area contributed by atoms with Crippen molar-refractivity contribution in [2.24, 2.45) is 0 Å². The van der Waals surface area contributed by atoms with Crippen LogP contribution in [0.15, 0.2) is 54.5 Å². The smallest absolute Gasteiger partial charge is 0.399 e. The molecule has 0 radical (unpaired) electrons. The molecular weight excluding hydrogens is 476 g/mol. The van der Waals surface area contributed by atoms with Gasteiger partial charge in [0.05, 0.1) is 11.2 Å². The van der Waals surface area contributed by atoms with Crippen LogP contribution in [0.2, 0.25) is 0 Å². The van der Waals surface area contributed by atoms with Gasteiger partial charge >= 0.3 is 7.12 Å². The summed E-state index contributed by atoms with van der Waals surface area (Å²) >= 11 is 0. The average Bonchev–Trinajstić information content (AvgIpc) is 3.02. The number of hydrogen-bond acceptors (Lipinski definition) is 3. The summed E-state index contributed by atoms with van der Waals surface area (Å²) in [4.78, 5) is 2.13. The molecule has 0 aliphatic carbocycles. The highest BCUT2D eigenvalue weighted by Gasteiger charge is 2.52. The maximum absolute atomic E-state index is 6.69. The normalized spacial score (nSPS) is 16.5. The third kappa shape index (κ3) is 5.76. The Morgan fingerprint density at radius 1 is 0.692 bits per heavy atom. The molecule has 0 unspecified atom stereocenters. The van der Waals surface area contributed by atoms with Crippen LogP contribution in [0.25, 0.3) is 5.47 Å². The van der Waals surface area contributed by atoms with E-state index >= 15 is 0 Å². The van der Waals surface area contributed by atoms with Crippen molar-refractivity contribution in [3.63, 3.8) is 0 Å². The maximum atomic E-state index is 6.69. The number of anilines is 1. The molecule has 1 saturated heterocycles. The van der Waals surface area contributed by atoms with E-state index in [-0.39, 0.29) is 6.71 Å². The summed E-state index contributed by atoms with van der Waals surface area (Å²) in [5, 5.41) is 0. The molecule has 1 aliphatic heterocycles. The number of nitrogens with zero attached hydrogens (tertiary/aromatic N) is 1. The monoisotopic (exact) mass is 521 g/mol. The number of rotatable bonds is 6. The molecule has 39 heavy (non-hydrogen) atoms. The van der Waals surface area contributed by atoms with Crippen molar-refractivity contribution in [2.45, 2.75) is 80.4 Å². The Bertz CT molecular complexity index is 1280. The van der Waals surface area contributed by atoms with E-state index in [1.54, 1.807) is 0 Å². The Hall–Kier alpha value is -2.75. The summed E-state index contributed by atoms with van der Waals surface area (Å²) in [7, 11) is 3.67. The molecule has 5 heteroatoms. The Labute approximate surface area is 237 Å². The highest BCUT2D eigenvalue weighted by atomic mass is 16.7. The van der Waals surface area contributed by atoms with Gasteiger partial charge in [0.15, 0.2) is 0 Å².